The van der Waals surface area contributed by atoms with Gasteiger partial charge in [0.2, 0.25) is 5.91 Å². The Balaban J connectivity index is 1.64. The molecule has 6 heteroatoms. The Hall–Kier alpha value is -2.11. The number of hydrogen-bond acceptors (Lipinski definition) is 3. The van der Waals surface area contributed by atoms with E-state index in [2.05, 4.69) is 26.3 Å². The van der Waals surface area contributed by atoms with E-state index in [0.29, 0.717) is 13.0 Å². The van der Waals surface area contributed by atoms with Crippen LogP contribution in [-0.4, -0.2) is 36.7 Å². The summed E-state index contributed by atoms with van der Waals surface area (Å²) in [6, 6.07) is 4.14. The average molecular weight is 273 g/mol. The molecule has 2 aromatic heterocycles. The third-order valence-electron chi connectivity index (χ3n) is 3.90. The summed E-state index contributed by atoms with van der Waals surface area (Å²) >= 11 is 0. The molecular weight excluding hydrogens is 254 g/mol. The lowest BCUT2D eigenvalue weighted by atomic mass is 10.2. The minimum atomic E-state index is 0.179. The Bertz CT molecular complexity index is 601. The molecule has 0 saturated heterocycles. The van der Waals surface area contributed by atoms with E-state index in [9.17, 15) is 4.79 Å². The number of fused-ring (bicyclic) bond motifs is 1. The van der Waals surface area contributed by atoms with Crippen molar-refractivity contribution in [2.45, 2.75) is 39.4 Å². The van der Waals surface area contributed by atoms with E-state index in [1.54, 1.807) is 0 Å². The molecule has 0 aliphatic carbocycles. The van der Waals surface area contributed by atoms with Crippen molar-refractivity contribution in [3.8, 4) is 0 Å². The predicted molar refractivity (Wildman–Crippen MR) is 73.9 cm³/mol. The number of rotatable bonds is 3. The van der Waals surface area contributed by atoms with Gasteiger partial charge in [-0.3, -0.25) is 4.79 Å². The number of carbonyl (C=O) groups is 1. The molecular formula is C14H19N5O. The maximum Gasteiger partial charge on any atom is 0.225 e. The number of amides is 1. The zero-order valence-corrected chi connectivity index (χ0v) is 11.9. The number of nitrogens with zero attached hydrogens (tertiary/aromatic N) is 5. The fraction of sp³-hybridized carbons (Fsp3) is 0.500. The maximum atomic E-state index is 12.4. The van der Waals surface area contributed by atoms with Crippen LogP contribution in [-0.2, 0) is 17.9 Å². The van der Waals surface area contributed by atoms with Crippen molar-refractivity contribution in [1.82, 2.24) is 24.2 Å². The zero-order chi connectivity index (χ0) is 14.1. The minimum absolute atomic E-state index is 0.179. The van der Waals surface area contributed by atoms with Crippen molar-refractivity contribution in [2.24, 2.45) is 0 Å². The van der Waals surface area contributed by atoms with Crippen LogP contribution < -0.4 is 0 Å². The summed E-state index contributed by atoms with van der Waals surface area (Å²) in [6.07, 6.45) is 4.50. The van der Waals surface area contributed by atoms with Gasteiger partial charge in [-0.2, -0.15) is 0 Å². The molecule has 0 spiro atoms. The molecule has 106 valence electrons. The first kappa shape index (κ1) is 12.9. The van der Waals surface area contributed by atoms with Gasteiger partial charge in [0, 0.05) is 37.9 Å². The lowest BCUT2D eigenvalue weighted by Gasteiger charge is -2.28. The number of hydrogen-bond donors (Lipinski definition) is 0. The van der Waals surface area contributed by atoms with Gasteiger partial charge < -0.3 is 14.0 Å². The van der Waals surface area contributed by atoms with Gasteiger partial charge in [0.05, 0.1) is 6.54 Å². The molecule has 1 aliphatic rings. The first-order valence-electron chi connectivity index (χ1n) is 6.94. The van der Waals surface area contributed by atoms with Gasteiger partial charge in [0.1, 0.15) is 5.82 Å². The summed E-state index contributed by atoms with van der Waals surface area (Å²) < 4.78 is 4.15. The second-order valence-electron chi connectivity index (χ2n) is 5.31. The molecule has 3 heterocycles. The molecule has 1 aliphatic heterocycles. The first-order valence-corrected chi connectivity index (χ1v) is 6.94. The van der Waals surface area contributed by atoms with E-state index in [1.165, 1.54) is 0 Å². The molecule has 3 rings (SSSR count). The fourth-order valence-corrected chi connectivity index (χ4v) is 2.64. The highest BCUT2D eigenvalue weighted by Crippen LogP contribution is 2.17. The fourth-order valence-electron chi connectivity index (χ4n) is 2.64. The van der Waals surface area contributed by atoms with E-state index in [0.717, 1.165) is 24.7 Å². The third-order valence-corrected chi connectivity index (χ3v) is 3.90. The lowest BCUT2D eigenvalue weighted by Crippen LogP contribution is -2.39. The summed E-state index contributed by atoms with van der Waals surface area (Å²) in [5, 5.41) is 8.20. The molecule has 1 amide bonds. The minimum Gasteiger partial charge on any atom is -0.351 e. The molecule has 2 aromatic rings. The predicted octanol–water partition coefficient (Wildman–Crippen LogP) is 1.38. The Morgan fingerprint density at radius 3 is 2.80 bits per heavy atom. The van der Waals surface area contributed by atoms with Gasteiger partial charge in [0.15, 0.2) is 5.82 Å². The van der Waals surface area contributed by atoms with Gasteiger partial charge in [-0.1, -0.05) is 0 Å². The Morgan fingerprint density at radius 1 is 1.30 bits per heavy atom. The van der Waals surface area contributed by atoms with Crippen LogP contribution in [0.1, 0.15) is 31.0 Å². The second-order valence-corrected chi connectivity index (χ2v) is 5.31. The number of aromatic nitrogens is 4. The smallest absolute Gasteiger partial charge is 0.225 e. The van der Waals surface area contributed by atoms with Crippen LogP contribution in [0.5, 0.6) is 0 Å². The summed E-state index contributed by atoms with van der Waals surface area (Å²) in [4.78, 5) is 14.3. The van der Waals surface area contributed by atoms with Crippen LogP contribution in [0.3, 0.4) is 0 Å². The number of carbonyl (C=O) groups excluding carboxylic acids is 1. The highest BCUT2D eigenvalue weighted by Gasteiger charge is 2.24. The molecule has 0 N–H and O–H groups in total. The van der Waals surface area contributed by atoms with Crippen molar-refractivity contribution in [1.29, 1.82) is 0 Å². The van der Waals surface area contributed by atoms with Crippen LogP contribution in [0, 0.1) is 6.92 Å². The van der Waals surface area contributed by atoms with Crippen LogP contribution in [0.25, 0.3) is 0 Å². The summed E-state index contributed by atoms with van der Waals surface area (Å²) in [6.45, 7) is 6.11. The van der Waals surface area contributed by atoms with Crippen LogP contribution in [0.4, 0.5) is 0 Å². The van der Waals surface area contributed by atoms with Crippen molar-refractivity contribution in [3.05, 3.63) is 36.2 Å². The van der Waals surface area contributed by atoms with Gasteiger partial charge in [0.25, 0.3) is 0 Å². The van der Waals surface area contributed by atoms with Crippen LogP contribution in [0.2, 0.25) is 0 Å². The van der Waals surface area contributed by atoms with E-state index in [1.807, 2.05) is 36.4 Å². The van der Waals surface area contributed by atoms with Crippen molar-refractivity contribution in [2.75, 3.05) is 6.54 Å². The molecule has 0 fully saturated rings. The normalized spacial score (nSPS) is 16.0. The molecule has 0 saturated carbocycles. The summed E-state index contributed by atoms with van der Waals surface area (Å²) in [7, 11) is 0. The molecule has 0 radical (unpaired) electrons. The summed E-state index contributed by atoms with van der Waals surface area (Å²) in [5.74, 6) is 1.99. The topological polar surface area (TPSA) is 56.0 Å². The van der Waals surface area contributed by atoms with Crippen molar-refractivity contribution >= 4 is 5.91 Å². The maximum absolute atomic E-state index is 12.4. The molecule has 0 aromatic carbocycles. The van der Waals surface area contributed by atoms with Gasteiger partial charge in [-0.25, -0.2) is 0 Å². The molecule has 20 heavy (non-hydrogen) atoms. The van der Waals surface area contributed by atoms with Gasteiger partial charge >= 0.3 is 0 Å². The SMILES string of the molecule is Cc1nnc2n1CCN(C(=O)C[C@@H](C)n1cccc1)C2. The van der Waals surface area contributed by atoms with Crippen molar-refractivity contribution < 1.29 is 4.79 Å². The van der Waals surface area contributed by atoms with E-state index < -0.39 is 0 Å². The highest BCUT2D eigenvalue weighted by molar-refractivity contribution is 5.76. The first-order chi connectivity index (χ1) is 9.65. The molecule has 1 atom stereocenters. The van der Waals surface area contributed by atoms with Gasteiger partial charge in [-0.15, -0.1) is 10.2 Å². The highest BCUT2D eigenvalue weighted by atomic mass is 16.2. The monoisotopic (exact) mass is 273 g/mol. The Morgan fingerprint density at radius 2 is 2.05 bits per heavy atom. The van der Waals surface area contributed by atoms with Gasteiger partial charge in [-0.05, 0) is 26.0 Å². The molecule has 0 bridgehead atoms. The van der Waals surface area contributed by atoms with E-state index >= 15 is 0 Å². The van der Waals surface area contributed by atoms with Crippen LogP contribution >= 0.6 is 0 Å². The second kappa shape index (κ2) is 5.11. The van der Waals surface area contributed by atoms with Crippen LogP contribution in [0.15, 0.2) is 24.5 Å². The average Bonchev–Trinajstić information content (AvgIpc) is 3.08. The number of aryl methyl sites for hydroxylation is 1. The van der Waals surface area contributed by atoms with Crippen molar-refractivity contribution in [3.63, 3.8) is 0 Å². The van der Waals surface area contributed by atoms with E-state index in [4.69, 9.17) is 0 Å². The molecule has 6 nitrogen and oxygen atoms in total. The quantitative estimate of drug-likeness (QED) is 0.849. The zero-order valence-electron chi connectivity index (χ0n) is 11.9. The third kappa shape index (κ3) is 2.33. The lowest BCUT2D eigenvalue weighted by molar-refractivity contribution is -0.133. The Kier molecular flexibility index (Phi) is 3.30. The van der Waals surface area contributed by atoms with E-state index in [-0.39, 0.29) is 11.9 Å². The standard InChI is InChI=1S/C14H19N5O/c1-11(17-5-3-4-6-17)9-14(20)18-7-8-19-12(2)15-16-13(19)10-18/h3-6,11H,7-10H2,1-2H3/t11-/m1/s1. The molecule has 0 unspecified atom stereocenters. The largest absolute Gasteiger partial charge is 0.351 e. The summed E-state index contributed by atoms with van der Waals surface area (Å²) in [5.41, 5.74) is 0. The Labute approximate surface area is 118 Å².